The summed E-state index contributed by atoms with van der Waals surface area (Å²) in [6.07, 6.45) is 8.75. The molecule has 0 aliphatic carbocycles. The Kier molecular flexibility index (Phi) is 15.1. The number of allylic oxidation sites excluding steroid dienone is 1. The monoisotopic (exact) mass is 640 g/mol. The lowest BCUT2D eigenvalue weighted by Crippen LogP contribution is -2.41. The van der Waals surface area contributed by atoms with E-state index in [-0.39, 0.29) is 17.2 Å². The van der Waals surface area contributed by atoms with E-state index in [1.165, 1.54) is 24.8 Å². The molecule has 248 valence electrons. The normalized spacial score (nSPS) is 12.9. The fraction of sp³-hybridized carbons (Fsp3) is 0.463. The molecule has 0 spiro atoms. The van der Waals surface area contributed by atoms with Crippen molar-refractivity contribution < 1.29 is 18.6 Å². The molecule has 0 bridgehead atoms. The second-order valence-electron chi connectivity index (χ2n) is 13.5. The van der Waals surface area contributed by atoms with Crippen LogP contribution < -0.4 is 9.47 Å². The largest absolute Gasteiger partial charge is 0.497 e. The molecule has 0 fully saturated rings. The maximum atomic E-state index is 7.04. The maximum absolute atomic E-state index is 7.04. The van der Waals surface area contributed by atoms with Gasteiger partial charge in [-0.05, 0) is 72.3 Å². The molecule has 46 heavy (non-hydrogen) atoms. The Morgan fingerprint density at radius 2 is 1.59 bits per heavy atom. The molecule has 3 aromatic carbocycles. The van der Waals surface area contributed by atoms with Crippen molar-refractivity contribution in [2.45, 2.75) is 116 Å². The molecule has 1 unspecified atom stereocenters. The van der Waals surface area contributed by atoms with Crippen molar-refractivity contribution in [3.63, 3.8) is 0 Å². The van der Waals surface area contributed by atoms with Gasteiger partial charge < -0.3 is 18.6 Å². The molecule has 0 heterocycles. The number of hydrogen-bond acceptors (Lipinski definition) is 4. The Bertz CT molecular complexity index is 1380. The van der Waals surface area contributed by atoms with Gasteiger partial charge in [-0.1, -0.05) is 114 Å². The van der Waals surface area contributed by atoms with Gasteiger partial charge in [0.15, 0.2) is 8.32 Å². The average molecular weight is 641 g/mol. The first-order chi connectivity index (χ1) is 22.1. The fourth-order valence-electron chi connectivity index (χ4n) is 4.97. The predicted octanol–water partition coefficient (Wildman–Crippen LogP) is 11.0. The van der Waals surface area contributed by atoms with Crippen LogP contribution in [-0.4, -0.2) is 21.5 Å². The van der Waals surface area contributed by atoms with Crippen LogP contribution in [0.5, 0.6) is 11.5 Å². The van der Waals surface area contributed by atoms with E-state index < -0.39 is 8.32 Å². The zero-order valence-electron chi connectivity index (χ0n) is 29.4. The number of ether oxygens (including phenoxy) is 3. The first kappa shape index (κ1) is 37.2. The van der Waals surface area contributed by atoms with Crippen molar-refractivity contribution in [2.75, 3.05) is 7.11 Å². The van der Waals surface area contributed by atoms with Crippen LogP contribution in [0.4, 0.5) is 0 Å². The summed E-state index contributed by atoms with van der Waals surface area (Å²) in [4.78, 5) is 0. The van der Waals surface area contributed by atoms with Gasteiger partial charge in [-0.2, -0.15) is 0 Å². The Morgan fingerprint density at radius 1 is 0.870 bits per heavy atom. The standard InChI is InChI=1S/C41H56O4Si/c1-9-11-13-22-36(43-31-33-20-14-12-15-21-33)23-16-17-25-40(45-46(7,8)41(3,4)5)38-24-18-26-39(37(38)19-10-2)44-32-34-27-29-35(42-6)30-28-34/h10,12,14-15,18,20-21,24,26-30,36,40H,2,9,11,13,16,19,22-23,31-32H2,1,3-8H3/t36-,40?/m0/s1. The van der Waals surface area contributed by atoms with Gasteiger partial charge in [-0.15, -0.1) is 12.5 Å². The fourth-order valence-corrected chi connectivity index (χ4v) is 6.10. The van der Waals surface area contributed by atoms with E-state index >= 15 is 0 Å². The van der Waals surface area contributed by atoms with Gasteiger partial charge >= 0.3 is 0 Å². The zero-order valence-corrected chi connectivity index (χ0v) is 30.4. The van der Waals surface area contributed by atoms with Gasteiger partial charge in [-0.3, -0.25) is 0 Å². The Morgan fingerprint density at radius 3 is 2.24 bits per heavy atom. The third kappa shape index (κ3) is 11.8. The summed E-state index contributed by atoms with van der Waals surface area (Å²) in [5.41, 5.74) is 4.42. The average Bonchev–Trinajstić information content (AvgIpc) is 3.04. The first-order valence-corrected chi connectivity index (χ1v) is 19.8. The molecule has 0 saturated heterocycles. The predicted molar refractivity (Wildman–Crippen MR) is 195 cm³/mol. The highest BCUT2D eigenvalue weighted by molar-refractivity contribution is 6.74. The van der Waals surface area contributed by atoms with Crippen molar-refractivity contribution >= 4 is 8.32 Å². The molecular weight excluding hydrogens is 585 g/mol. The highest BCUT2D eigenvalue weighted by Crippen LogP contribution is 2.41. The van der Waals surface area contributed by atoms with Crippen molar-refractivity contribution in [1.29, 1.82) is 0 Å². The van der Waals surface area contributed by atoms with Crippen LogP contribution in [0.1, 0.15) is 94.6 Å². The van der Waals surface area contributed by atoms with E-state index in [4.69, 9.17) is 18.6 Å². The lowest BCUT2D eigenvalue weighted by atomic mass is 9.98. The van der Waals surface area contributed by atoms with Crippen molar-refractivity contribution in [1.82, 2.24) is 0 Å². The second kappa shape index (κ2) is 18.7. The SMILES string of the molecule is C=CCc1c(OCc2ccc(OC)cc2)cccc1C(C#CCC[C@H](CCCCC)OCc1ccccc1)O[Si](C)(C)C(C)(C)C. The highest BCUT2D eigenvalue weighted by atomic mass is 28.4. The van der Waals surface area contributed by atoms with E-state index in [1.807, 2.05) is 42.5 Å². The summed E-state index contributed by atoms with van der Waals surface area (Å²) in [6.45, 7) is 18.8. The number of unbranched alkanes of at least 4 members (excludes halogenated alkanes) is 2. The molecule has 0 radical (unpaired) electrons. The van der Waals surface area contributed by atoms with Gasteiger partial charge in [0.2, 0.25) is 0 Å². The minimum atomic E-state index is -2.15. The molecule has 0 aromatic heterocycles. The molecule has 3 aromatic rings. The number of hydrogen-bond donors (Lipinski definition) is 0. The summed E-state index contributed by atoms with van der Waals surface area (Å²) >= 11 is 0. The molecular formula is C41H56O4Si. The lowest BCUT2D eigenvalue weighted by Gasteiger charge is -2.38. The molecule has 3 rings (SSSR count). The summed E-state index contributed by atoms with van der Waals surface area (Å²) < 4.78 is 25.2. The molecule has 0 aliphatic rings. The summed E-state index contributed by atoms with van der Waals surface area (Å²) in [6, 6.07) is 24.6. The van der Waals surface area contributed by atoms with Gasteiger partial charge in [0, 0.05) is 12.0 Å². The van der Waals surface area contributed by atoms with E-state index in [0.29, 0.717) is 19.6 Å². The topological polar surface area (TPSA) is 36.9 Å². The molecule has 0 saturated carbocycles. The summed E-state index contributed by atoms with van der Waals surface area (Å²) in [7, 11) is -0.478. The Hall–Kier alpha value is -3.30. The van der Waals surface area contributed by atoms with Gasteiger partial charge in [0.1, 0.15) is 24.2 Å². The summed E-state index contributed by atoms with van der Waals surface area (Å²) in [5, 5.41) is 0.0453. The van der Waals surface area contributed by atoms with Crippen LogP contribution in [0.25, 0.3) is 0 Å². The molecule has 0 N–H and O–H groups in total. The van der Waals surface area contributed by atoms with Crippen LogP contribution in [0.2, 0.25) is 18.1 Å². The molecule has 4 nitrogen and oxygen atoms in total. The molecule has 0 amide bonds. The smallest absolute Gasteiger partial charge is 0.194 e. The quantitative estimate of drug-likeness (QED) is 0.0600. The zero-order chi connectivity index (χ0) is 33.4. The van der Waals surface area contributed by atoms with Crippen LogP contribution in [0.3, 0.4) is 0 Å². The van der Waals surface area contributed by atoms with E-state index in [1.54, 1.807) is 7.11 Å². The first-order valence-electron chi connectivity index (χ1n) is 16.9. The summed E-state index contributed by atoms with van der Waals surface area (Å²) in [5.74, 6) is 8.77. The highest BCUT2D eigenvalue weighted by Gasteiger charge is 2.39. The van der Waals surface area contributed by atoms with Crippen LogP contribution in [0, 0.1) is 11.8 Å². The van der Waals surface area contributed by atoms with Crippen LogP contribution >= 0.6 is 0 Å². The lowest BCUT2D eigenvalue weighted by molar-refractivity contribution is 0.0288. The maximum Gasteiger partial charge on any atom is 0.194 e. The van der Waals surface area contributed by atoms with E-state index in [9.17, 15) is 0 Å². The van der Waals surface area contributed by atoms with Crippen molar-refractivity contribution in [3.05, 3.63) is 108 Å². The van der Waals surface area contributed by atoms with E-state index in [2.05, 4.69) is 95.6 Å². The minimum Gasteiger partial charge on any atom is -0.497 e. The van der Waals surface area contributed by atoms with Gasteiger partial charge in [0.05, 0.1) is 19.8 Å². The second-order valence-corrected chi connectivity index (χ2v) is 18.2. The van der Waals surface area contributed by atoms with Gasteiger partial charge in [-0.25, -0.2) is 0 Å². The third-order valence-electron chi connectivity index (χ3n) is 8.85. The van der Waals surface area contributed by atoms with Crippen molar-refractivity contribution in [2.24, 2.45) is 0 Å². The molecule has 0 aliphatic heterocycles. The van der Waals surface area contributed by atoms with E-state index in [0.717, 1.165) is 47.5 Å². The third-order valence-corrected chi connectivity index (χ3v) is 13.3. The Balaban J connectivity index is 1.85. The molecule has 5 heteroatoms. The van der Waals surface area contributed by atoms with Gasteiger partial charge in [0.25, 0.3) is 0 Å². The molecule has 2 atom stereocenters. The number of methoxy groups -OCH3 is 1. The van der Waals surface area contributed by atoms with Crippen molar-refractivity contribution in [3.8, 4) is 23.3 Å². The van der Waals surface area contributed by atoms with Crippen LogP contribution in [-0.2, 0) is 28.8 Å². The van der Waals surface area contributed by atoms with Crippen LogP contribution in [0.15, 0.2) is 85.5 Å². The minimum absolute atomic E-state index is 0.0453. The number of rotatable bonds is 18. The Labute approximate surface area is 280 Å². The number of benzene rings is 3.